The summed E-state index contributed by atoms with van der Waals surface area (Å²) in [4.78, 5) is 13.6. The molecule has 0 N–H and O–H groups in total. The predicted octanol–water partition coefficient (Wildman–Crippen LogP) is 4.79. The van der Waals surface area contributed by atoms with Crippen LogP contribution in [0.4, 0.5) is 0 Å². The van der Waals surface area contributed by atoms with Crippen LogP contribution in [0.2, 0.25) is 0 Å². The van der Waals surface area contributed by atoms with E-state index in [4.69, 9.17) is 0 Å². The topological polar surface area (TPSA) is 34.9 Å². The van der Waals surface area contributed by atoms with Crippen LogP contribution in [0.5, 0.6) is 0 Å². The highest BCUT2D eigenvalue weighted by molar-refractivity contribution is 8.14. The van der Waals surface area contributed by atoms with Gasteiger partial charge in [0, 0.05) is 4.90 Å². The molecule has 4 heteroatoms. The van der Waals surface area contributed by atoms with Gasteiger partial charge < -0.3 is 0 Å². The number of aryl methyl sites for hydroxylation is 3. The Morgan fingerprint density at radius 2 is 1.54 bits per heavy atom. The fourth-order valence-electron chi connectivity index (χ4n) is 2.46. The van der Waals surface area contributed by atoms with E-state index < -0.39 is 0 Å². The van der Waals surface area contributed by atoms with E-state index in [1.54, 1.807) is 4.68 Å². The Balaban J connectivity index is 1.81. The number of nitrogens with zero attached hydrogens (tertiary/aromatic N) is 2. The monoisotopic (exact) mass is 336 g/mol. The van der Waals surface area contributed by atoms with Gasteiger partial charge in [0.15, 0.2) is 0 Å². The maximum absolute atomic E-state index is 12.7. The maximum atomic E-state index is 12.7. The van der Waals surface area contributed by atoms with Gasteiger partial charge in [0.05, 0.1) is 12.2 Å². The Hall–Kier alpha value is -2.33. The fraction of sp³-hybridized carbons (Fsp3) is 0.200. The molecule has 0 aliphatic heterocycles. The summed E-state index contributed by atoms with van der Waals surface area (Å²) in [6, 6.07) is 18.2. The van der Waals surface area contributed by atoms with Gasteiger partial charge in [0.25, 0.3) is 0 Å². The Labute approximate surface area is 146 Å². The van der Waals surface area contributed by atoms with Gasteiger partial charge in [-0.05, 0) is 56.3 Å². The van der Waals surface area contributed by atoms with Crippen molar-refractivity contribution in [3.8, 4) is 0 Å². The summed E-state index contributed by atoms with van der Waals surface area (Å²) >= 11 is 1.25. The summed E-state index contributed by atoms with van der Waals surface area (Å²) in [6.45, 7) is 6.62. The first-order valence-electron chi connectivity index (χ1n) is 7.90. The second-order valence-corrected chi connectivity index (χ2v) is 7.06. The molecule has 2 aromatic carbocycles. The molecule has 0 saturated heterocycles. The third kappa shape index (κ3) is 3.95. The van der Waals surface area contributed by atoms with Gasteiger partial charge >= 0.3 is 0 Å². The van der Waals surface area contributed by atoms with E-state index in [1.807, 2.05) is 44.2 Å². The zero-order chi connectivity index (χ0) is 17.1. The highest BCUT2D eigenvalue weighted by Gasteiger charge is 2.15. The molecule has 0 unspecified atom stereocenters. The number of aromatic nitrogens is 2. The molecule has 0 aliphatic carbocycles. The van der Waals surface area contributed by atoms with Crippen molar-refractivity contribution in [3.05, 3.63) is 82.7 Å². The average molecular weight is 336 g/mol. The number of carbonyl (C=O) groups is 1. The number of rotatable bonds is 4. The summed E-state index contributed by atoms with van der Waals surface area (Å²) in [5, 5.41) is 4.51. The summed E-state index contributed by atoms with van der Waals surface area (Å²) < 4.78 is 1.80. The smallest absolute Gasteiger partial charge is 0.242 e. The molecule has 122 valence electrons. The zero-order valence-electron chi connectivity index (χ0n) is 14.1. The largest absolute Gasteiger partial charge is 0.279 e. The van der Waals surface area contributed by atoms with Crippen molar-refractivity contribution < 1.29 is 4.79 Å². The van der Waals surface area contributed by atoms with Crippen LogP contribution in [0.25, 0.3) is 0 Å². The minimum absolute atomic E-state index is 0.0200. The highest BCUT2D eigenvalue weighted by Crippen LogP contribution is 2.24. The summed E-state index contributed by atoms with van der Waals surface area (Å²) in [6.07, 6.45) is 0. The third-order valence-electron chi connectivity index (χ3n) is 3.80. The number of hydrogen-bond donors (Lipinski definition) is 0. The maximum Gasteiger partial charge on any atom is 0.242 e. The van der Waals surface area contributed by atoms with E-state index in [0.29, 0.717) is 12.2 Å². The Morgan fingerprint density at radius 1 is 0.958 bits per heavy atom. The van der Waals surface area contributed by atoms with Gasteiger partial charge in [-0.15, -0.1) is 0 Å². The van der Waals surface area contributed by atoms with E-state index in [2.05, 4.69) is 36.3 Å². The number of benzene rings is 2. The van der Waals surface area contributed by atoms with Crippen molar-refractivity contribution >= 4 is 16.9 Å². The molecule has 1 heterocycles. The molecule has 0 aliphatic rings. The van der Waals surface area contributed by atoms with Crippen molar-refractivity contribution in [1.82, 2.24) is 9.78 Å². The molecule has 0 fully saturated rings. The minimum Gasteiger partial charge on any atom is -0.279 e. The molecule has 3 rings (SSSR count). The average Bonchev–Trinajstić information content (AvgIpc) is 2.92. The van der Waals surface area contributed by atoms with Gasteiger partial charge in [-0.2, -0.15) is 5.10 Å². The van der Waals surface area contributed by atoms with E-state index in [1.165, 1.54) is 22.9 Å². The lowest BCUT2D eigenvalue weighted by molar-refractivity contribution is 0.108. The lowest BCUT2D eigenvalue weighted by Crippen LogP contribution is -2.09. The number of hydrogen-bond acceptors (Lipinski definition) is 3. The lowest BCUT2D eigenvalue weighted by Gasteiger charge is -2.07. The predicted molar refractivity (Wildman–Crippen MR) is 98.6 cm³/mol. The second-order valence-electron chi connectivity index (χ2n) is 6.02. The quantitative estimate of drug-likeness (QED) is 0.643. The summed E-state index contributed by atoms with van der Waals surface area (Å²) in [5.41, 5.74) is 5.04. The van der Waals surface area contributed by atoms with Gasteiger partial charge in [-0.1, -0.05) is 47.5 Å². The second kappa shape index (κ2) is 7.05. The number of thioether (sulfide) groups is 1. The van der Waals surface area contributed by atoms with Crippen LogP contribution in [0.3, 0.4) is 0 Å². The first-order valence-corrected chi connectivity index (χ1v) is 8.72. The highest BCUT2D eigenvalue weighted by atomic mass is 32.2. The van der Waals surface area contributed by atoms with Crippen LogP contribution in [0.15, 0.2) is 59.5 Å². The third-order valence-corrected chi connectivity index (χ3v) is 4.70. The Kier molecular flexibility index (Phi) is 4.86. The van der Waals surface area contributed by atoms with Crippen molar-refractivity contribution in [2.45, 2.75) is 32.2 Å². The van der Waals surface area contributed by atoms with E-state index in [0.717, 1.165) is 16.2 Å². The molecule has 1 aromatic heterocycles. The van der Waals surface area contributed by atoms with Crippen LogP contribution in [0.1, 0.15) is 32.9 Å². The first-order chi connectivity index (χ1) is 11.5. The van der Waals surface area contributed by atoms with Crippen molar-refractivity contribution in [3.63, 3.8) is 0 Å². The lowest BCUT2D eigenvalue weighted by atomic mass is 10.1. The van der Waals surface area contributed by atoms with Crippen LogP contribution in [-0.4, -0.2) is 14.9 Å². The van der Waals surface area contributed by atoms with Crippen LogP contribution >= 0.6 is 11.8 Å². The van der Waals surface area contributed by atoms with Crippen molar-refractivity contribution in [2.75, 3.05) is 0 Å². The van der Waals surface area contributed by atoms with Crippen LogP contribution in [0, 0.1) is 20.8 Å². The zero-order valence-corrected chi connectivity index (χ0v) is 14.9. The Bertz CT molecular complexity index is 848. The van der Waals surface area contributed by atoms with Gasteiger partial charge in [0.1, 0.15) is 5.69 Å². The molecule has 3 aromatic rings. The summed E-state index contributed by atoms with van der Waals surface area (Å²) in [7, 11) is 0. The molecule has 0 atom stereocenters. The van der Waals surface area contributed by atoms with Gasteiger partial charge in [0.2, 0.25) is 5.12 Å². The SMILES string of the molecule is Cc1ccc(Cn2nc(C)cc2C(=O)Sc2ccc(C)cc2)cc1. The van der Waals surface area contributed by atoms with Crippen molar-refractivity contribution in [1.29, 1.82) is 0 Å². The van der Waals surface area contributed by atoms with E-state index in [9.17, 15) is 4.79 Å². The molecule has 0 radical (unpaired) electrons. The van der Waals surface area contributed by atoms with Gasteiger partial charge in [-0.25, -0.2) is 0 Å². The molecule has 0 spiro atoms. The van der Waals surface area contributed by atoms with E-state index >= 15 is 0 Å². The molecular formula is C20H20N2OS. The van der Waals surface area contributed by atoms with Crippen molar-refractivity contribution in [2.24, 2.45) is 0 Å². The Morgan fingerprint density at radius 3 is 2.17 bits per heavy atom. The number of carbonyl (C=O) groups excluding carboxylic acids is 1. The molecule has 0 amide bonds. The normalized spacial score (nSPS) is 10.8. The minimum atomic E-state index is 0.0200. The standard InChI is InChI=1S/C20H20N2OS/c1-14-4-8-17(9-5-14)13-22-19(12-16(3)21-22)20(23)24-18-10-6-15(2)7-11-18/h4-12H,13H2,1-3H3. The molecule has 0 bridgehead atoms. The molecular weight excluding hydrogens is 316 g/mol. The van der Waals surface area contributed by atoms with Gasteiger partial charge in [-0.3, -0.25) is 9.48 Å². The fourth-order valence-corrected chi connectivity index (χ4v) is 3.22. The first kappa shape index (κ1) is 16.5. The molecule has 24 heavy (non-hydrogen) atoms. The molecule has 3 nitrogen and oxygen atoms in total. The van der Waals surface area contributed by atoms with Crippen LogP contribution < -0.4 is 0 Å². The van der Waals surface area contributed by atoms with Crippen LogP contribution in [-0.2, 0) is 6.54 Å². The molecule has 0 saturated carbocycles. The van der Waals surface area contributed by atoms with E-state index in [-0.39, 0.29) is 5.12 Å². The summed E-state index contributed by atoms with van der Waals surface area (Å²) in [5.74, 6) is 0.